The van der Waals surface area contributed by atoms with Gasteiger partial charge in [-0.2, -0.15) is 0 Å². The minimum absolute atomic E-state index is 0.273. The predicted molar refractivity (Wildman–Crippen MR) is 98.9 cm³/mol. The molecule has 0 amide bonds. The number of aliphatic hydroxyl groups excluding tert-OH is 1. The van der Waals surface area contributed by atoms with Crippen LogP contribution in [0.1, 0.15) is 26.2 Å². The van der Waals surface area contributed by atoms with Crippen LogP contribution in [0, 0.1) is 0 Å². The van der Waals surface area contributed by atoms with Gasteiger partial charge in [0.25, 0.3) is 0 Å². The van der Waals surface area contributed by atoms with Gasteiger partial charge in [0.15, 0.2) is 0 Å². The molecule has 1 heterocycles. The van der Waals surface area contributed by atoms with Crippen LogP contribution in [-0.2, 0) is 18.9 Å². The van der Waals surface area contributed by atoms with Gasteiger partial charge in [-0.3, -0.25) is 0 Å². The molecule has 1 aromatic rings. The summed E-state index contributed by atoms with van der Waals surface area (Å²) in [6.07, 6.45) is 1.30. The number of ether oxygens (including phenoxy) is 4. The fourth-order valence-electron chi connectivity index (χ4n) is 2.93. The lowest BCUT2D eigenvalue weighted by Crippen LogP contribution is -2.59. The van der Waals surface area contributed by atoms with Crippen molar-refractivity contribution in [3.63, 3.8) is 0 Å². The smallest absolute Gasteiger partial charge is 0.137 e. The Morgan fingerprint density at radius 2 is 1.80 bits per heavy atom. The predicted octanol–water partition coefficient (Wildman–Crippen LogP) is 3.10. The van der Waals surface area contributed by atoms with E-state index in [1.165, 1.54) is 0 Å². The lowest BCUT2D eigenvalue weighted by molar-refractivity contribution is -0.223. The summed E-state index contributed by atoms with van der Waals surface area (Å²) in [6, 6.07) is 10.0. The molecule has 0 unspecified atom stereocenters. The van der Waals surface area contributed by atoms with E-state index in [2.05, 4.69) is 6.92 Å². The van der Waals surface area contributed by atoms with Gasteiger partial charge >= 0.3 is 0 Å². The van der Waals surface area contributed by atoms with Crippen LogP contribution in [0.25, 0.3) is 0 Å². The van der Waals surface area contributed by atoms with Gasteiger partial charge < -0.3 is 24.1 Å². The van der Waals surface area contributed by atoms with Gasteiger partial charge in [-0.15, -0.1) is 0 Å². The van der Waals surface area contributed by atoms with Gasteiger partial charge in [0.05, 0.1) is 6.61 Å². The molecule has 5 atom stereocenters. The molecule has 0 aromatic heterocycles. The maximum Gasteiger partial charge on any atom is 0.137 e. The molecule has 1 aromatic carbocycles. The van der Waals surface area contributed by atoms with Crippen molar-refractivity contribution in [3.8, 4) is 0 Å². The summed E-state index contributed by atoms with van der Waals surface area (Å²) in [4.78, 5) is 1.09. The molecule has 1 aliphatic rings. The minimum Gasteiger partial charge on any atom is -0.387 e. The van der Waals surface area contributed by atoms with Crippen LogP contribution >= 0.6 is 11.8 Å². The Morgan fingerprint density at radius 1 is 1.08 bits per heavy atom. The standard InChI is InChI=1S/C19H30O5S/c1-4-5-9-12-23-13-15-16(20)17(21-2)18(22-3)19(24-15)25-14-10-7-6-8-11-14/h6-8,10-11,15-20H,4-5,9,12-13H2,1-3H3/t15-,16-,17+,18-,19+/m1/s1. The summed E-state index contributed by atoms with van der Waals surface area (Å²) in [5.41, 5.74) is -0.273. The SMILES string of the molecule is CCCCCOC[C@H]1O[C@@H](Sc2ccccc2)[C@H](OC)[C@@H](OC)[C@@H]1O. The molecule has 1 saturated heterocycles. The molecule has 6 heteroatoms. The Hall–Kier alpha value is -0.630. The quantitative estimate of drug-likeness (QED) is 0.639. The van der Waals surface area contributed by atoms with Gasteiger partial charge in [0, 0.05) is 25.7 Å². The van der Waals surface area contributed by atoms with Crippen molar-refractivity contribution in [2.75, 3.05) is 27.4 Å². The summed E-state index contributed by atoms with van der Waals surface area (Å²) in [5.74, 6) is 0. The lowest BCUT2D eigenvalue weighted by Gasteiger charge is -2.43. The Morgan fingerprint density at radius 3 is 2.44 bits per heavy atom. The largest absolute Gasteiger partial charge is 0.387 e. The van der Waals surface area contributed by atoms with Gasteiger partial charge in [-0.05, 0) is 18.6 Å². The highest BCUT2D eigenvalue weighted by Crippen LogP contribution is 2.35. The Balaban J connectivity index is 2.00. The first-order valence-corrected chi connectivity index (χ1v) is 9.77. The molecule has 0 saturated carbocycles. The molecular weight excluding hydrogens is 340 g/mol. The lowest BCUT2D eigenvalue weighted by atomic mass is 10.00. The summed E-state index contributed by atoms with van der Waals surface area (Å²) < 4.78 is 23.0. The highest BCUT2D eigenvalue weighted by Gasteiger charge is 2.46. The van der Waals surface area contributed by atoms with Crippen LogP contribution in [0.4, 0.5) is 0 Å². The number of thioether (sulfide) groups is 1. The molecule has 142 valence electrons. The van der Waals surface area contributed by atoms with Crippen LogP contribution in [0.2, 0.25) is 0 Å². The molecular formula is C19H30O5S. The zero-order valence-corrected chi connectivity index (χ0v) is 16.1. The number of benzene rings is 1. The highest BCUT2D eigenvalue weighted by molar-refractivity contribution is 7.99. The molecule has 25 heavy (non-hydrogen) atoms. The normalized spacial score (nSPS) is 29.7. The van der Waals surface area contributed by atoms with Crippen molar-refractivity contribution in [2.24, 2.45) is 0 Å². The average molecular weight is 371 g/mol. The monoisotopic (exact) mass is 370 g/mol. The molecule has 2 rings (SSSR count). The van der Waals surface area contributed by atoms with E-state index in [0.717, 1.165) is 24.2 Å². The molecule has 1 fully saturated rings. The maximum absolute atomic E-state index is 10.6. The van der Waals surface area contributed by atoms with Crippen LogP contribution in [0.5, 0.6) is 0 Å². The number of unbranched alkanes of at least 4 members (excludes halogenated alkanes) is 2. The van der Waals surface area contributed by atoms with Crippen molar-refractivity contribution in [2.45, 2.75) is 60.9 Å². The maximum atomic E-state index is 10.6. The summed E-state index contributed by atoms with van der Waals surface area (Å²) in [6.45, 7) is 3.20. The number of aliphatic hydroxyl groups is 1. The summed E-state index contributed by atoms with van der Waals surface area (Å²) in [5, 5.41) is 10.6. The zero-order chi connectivity index (χ0) is 18.1. The highest BCUT2D eigenvalue weighted by atomic mass is 32.2. The Bertz CT molecular complexity index is 472. The number of hydrogen-bond acceptors (Lipinski definition) is 6. The van der Waals surface area contributed by atoms with E-state index in [0.29, 0.717) is 13.2 Å². The molecule has 0 bridgehead atoms. The van der Waals surface area contributed by atoms with E-state index in [4.69, 9.17) is 18.9 Å². The summed E-state index contributed by atoms with van der Waals surface area (Å²) in [7, 11) is 3.21. The van der Waals surface area contributed by atoms with E-state index in [9.17, 15) is 5.11 Å². The van der Waals surface area contributed by atoms with Crippen LogP contribution in [-0.4, -0.2) is 62.4 Å². The van der Waals surface area contributed by atoms with Crippen molar-refractivity contribution >= 4 is 11.8 Å². The van der Waals surface area contributed by atoms with E-state index < -0.39 is 18.3 Å². The second-order valence-corrected chi connectivity index (χ2v) is 7.32. The van der Waals surface area contributed by atoms with Crippen LogP contribution in [0.15, 0.2) is 35.2 Å². The molecule has 0 spiro atoms. The fraction of sp³-hybridized carbons (Fsp3) is 0.684. The number of methoxy groups -OCH3 is 2. The van der Waals surface area contributed by atoms with E-state index in [1.54, 1.807) is 26.0 Å². The first-order valence-electron chi connectivity index (χ1n) is 8.89. The molecule has 1 N–H and O–H groups in total. The van der Waals surface area contributed by atoms with Crippen LogP contribution < -0.4 is 0 Å². The van der Waals surface area contributed by atoms with Gasteiger partial charge in [-0.1, -0.05) is 49.7 Å². The van der Waals surface area contributed by atoms with E-state index in [1.807, 2.05) is 30.3 Å². The molecule has 5 nitrogen and oxygen atoms in total. The molecule has 0 aliphatic carbocycles. The first-order chi connectivity index (χ1) is 12.2. The first kappa shape index (κ1) is 20.7. The fourth-order valence-corrected chi connectivity index (χ4v) is 4.11. The number of hydrogen-bond donors (Lipinski definition) is 1. The van der Waals surface area contributed by atoms with Crippen molar-refractivity contribution < 1.29 is 24.1 Å². The topological polar surface area (TPSA) is 57.2 Å². The van der Waals surface area contributed by atoms with Gasteiger partial charge in [-0.25, -0.2) is 0 Å². The molecule has 0 radical (unpaired) electrons. The van der Waals surface area contributed by atoms with Crippen molar-refractivity contribution in [3.05, 3.63) is 30.3 Å². The minimum atomic E-state index is -0.784. The van der Waals surface area contributed by atoms with E-state index in [-0.39, 0.29) is 11.5 Å². The average Bonchev–Trinajstić information content (AvgIpc) is 2.64. The Kier molecular flexibility index (Phi) is 9.23. The second kappa shape index (κ2) is 11.2. The third kappa shape index (κ3) is 5.94. The van der Waals surface area contributed by atoms with Crippen molar-refractivity contribution in [1.82, 2.24) is 0 Å². The third-order valence-electron chi connectivity index (χ3n) is 4.33. The zero-order valence-electron chi connectivity index (χ0n) is 15.3. The van der Waals surface area contributed by atoms with Crippen molar-refractivity contribution in [1.29, 1.82) is 0 Å². The molecule has 1 aliphatic heterocycles. The van der Waals surface area contributed by atoms with Gasteiger partial charge in [0.1, 0.15) is 29.9 Å². The summed E-state index contributed by atoms with van der Waals surface area (Å²) >= 11 is 1.58. The second-order valence-electron chi connectivity index (χ2n) is 6.15. The number of rotatable bonds is 10. The third-order valence-corrected chi connectivity index (χ3v) is 5.49. The van der Waals surface area contributed by atoms with Gasteiger partial charge in [0.2, 0.25) is 0 Å². The van der Waals surface area contributed by atoms with Crippen LogP contribution in [0.3, 0.4) is 0 Å². The Labute approximate surface area is 155 Å². The van der Waals surface area contributed by atoms with E-state index >= 15 is 0 Å².